The molecule has 0 aliphatic carbocycles. The smallest absolute Gasteiger partial charge is 0.265 e. The lowest BCUT2D eigenvalue weighted by Crippen LogP contribution is -2.23. The zero-order valence-corrected chi connectivity index (χ0v) is 6.07. The molecule has 1 aliphatic heterocycles. The number of hydrogen-bond acceptors (Lipinski definition) is 2. The van der Waals surface area contributed by atoms with Crippen LogP contribution < -0.4 is 0 Å². The number of azo groups is 1. The number of carbonyl (C=O) groups is 1. The van der Waals surface area contributed by atoms with Crippen molar-refractivity contribution in [3.63, 3.8) is 0 Å². The molecule has 78 valence electrons. The molecule has 0 N–H and O–H groups in total. The second kappa shape index (κ2) is 2.79. The molecule has 0 radical (unpaired) electrons. The highest BCUT2D eigenvalue weighted by Crippen LogP contribution is 2.40. The van der Waals surface area contributed by atoms with Crippen molar-refractivity contribution in [2.75, 3.05) is 0 Å². The SMILES string of the molecule is O=C1N=NC(C(F)(F)F)=C1C(F)(F)F. The minimum absolute atomic E-state index is 2.02. The van der Waals surface area contributed by atoms with Gasteiger partial charge in [0, 0.05) is 0 Å². The fourth-order valence-corrected chi connectivity index (χ4v) is 0.751. The van der Waals surface area contributed by atoms with Crippen molar-refractivity contribution in [3.8, 4) is 0 Å². The van der Waals surface area contributed by atoms with Crippen LogP contribution in [0.25, 0.3) is 0 Å². The standard InChI is InChI=1S/C5F6N2O/c6-4(7,8)1-2(5(9,10)11)12-13-3(1)14. The molecule has 0 fully saturated rings. The number of halogens is 6. The van der Waals surface area contributed by atoms with E-state index in [9.17, 15) is 31.1 Å². The van der Waals surface area contributed by atoms with E-state index < -0.39 is 29.5 Å². The van der Waals surface area contributed by atoms with E-state index in [0.717, 1.165) is 0 Å². The van der Waals surface area contributed by atoms with Crippen LogP contribution in [0.2, 0.25) is 0 Å². The molecule has 1 aliphatic rings. The van der Waals surface area contributed by atoms with Crippen LogP contribution in [0.15, 0.2) is 21.5 Å². The molecule has 0 saturated carbocycles. The molecule has 0 aromatic carbocycles. The van der Waals surface area contributed by atoms with E-state index >= 15 is 0 Å². The van der Waals surface area contributed by atoms with Gasteiger partial charge in [-0.15, -0.1) is 10.2 Å². The largest absolute Gasteiger partial charge is 0.436 e. The van der Waals surface area contributed by atoms with Gasteiger partial charge >= 0.3 is 18.3 Å². The Hall–Kier alpha value is -1.41. The first-order valence-electron chi connectivity index (χ1n) is 2.99. The summed E-state index contributed by atoms with van der Waals surface area (Å²) in [5, 5.41) is 4.35. The third-order valence-corrected chi connectivity index (χ3v) is 1.24. The molecule has 0 unspecified atom stereocenters. The van der Waals surface area contributed by atoms with Crippen molar-refractivity contribution in [3.05, 3.63) is 11.3 Å². The summed E-state index contributed by atoms with van der Waals surface area (Å²) >= 11 is 0. The van der Waals surface area contributed by atoms with Crippen molar-refractivity contribution < 1.29 is 31.1 Å². The van der Waals surface area contributed by atoms with E-state index in [4.69, 9.17) is 0 Å². The molecule has 0 aromatic heterocycles. The highest BCUT2D eigenvalue weighted by Gasteiger charge is 2.52. The van der Waals surface area contributed by atoms with Crippen molar-refractivity contribution in [2.24, 2.45) is 10.2 Å². The van der Waals surface area contributed by atoms with E-state index in [1.54, 1.807) is 0 Å². The Labute approximate surface area is 72.1 Å². The summed E-state index contributed by atoms with van der Waals surface area (Å²) in [5.41, 5.74) is -4.67. The maximum atomic E-state index is 11.9. The fourth-order valence-electron chi connectivity index (χ4n) is 0.751. The van der Waals surface area contributed by atoms with Crippen molar-refractivity contribution in [1.29, 1.82) is 0 Å². The van der Waals surface area contributed by atoms with Crippen molar-refractivity contribution >= 4 is 5.91 Å². The predicted octanol–water partition coefficient (Wildman–Crippen LogP) is 2.36. The number of allylic oxidation sites excluding steroid dienone is 1. The molecule has 0 bridgehead atoms. The molecule has 0 spiro atoms. The average molecular weight is 218 g/mol. The molecule has 1 amide bonds. The topological polar surface area (TPSA) is 41.8 Å². The lowest BCUT2D eigenvalue weighted by Gasteiger charge is -2.08. The third-order valence-electron chi connectivity index (χ3n) is 1.24. The van der Waals surface area contributed by atoms with Gasteiger partial charge in [-0.2, -0.15) is 26.3 Å². The Morgan fingerprint density at radius 1 is 0.857 bits per heavy atom. The normalized spacial score (nSPS) is 18.3. The van der Waals surface area contributed by atoms with E-state index in [1.165, 1.54) is 0 Å². The molecule has 0 aromatic rings. The number of hydrogen-bond donors (Lipinski definition) is 0. The van der Waals surface area contributed by atoms with Crippen LogP contribution >= 0.6 is 0 Å². The summed E-state index contributed by atoms with van der Waals surface area (Å²) < 4.78 is 71.2. The molecule has 0 saturated heterocycles. The van der Waals surface area contributed by atoms with E-state index in [-0.39, 0.29) is 0 Å². The Kier molecular flexibility index (Phi) is 2.13. The molecular weight excluding hydrogens is 218 g/mol. The molecule has 0 atom stereocenters. The van der Waals surface area contributed by atoms with Gasteiger partial charge in [0.05, 0.1) is 0 Å². The number of alkyl halides is 6. The van der Waals surface area contributed by atoms with E-state index in [0.29, 0.717) is 0 Å². The predicted molar refractivity (Wildman–Crippen MR) is 29.0 cm³/mol. The van der Waals surface area contributed by atoms with Gasteiger partial charge in [-0.1, -0.05) is 0 Å². The highest BCUT2D eigenvalue weighted by atomic mass is 19.4. The maximum absolute atomic E-state index is 11.9. The Morgan fingerprint density at radius 2 is 1.36 bits per heavy atom. The number of amides is 1. The van der Waals surface area contributed by atoms with Gasteiger partial charge in [-0.25, -0.2) is 0 Å². The van der Waals surface area contributed by atoms with Crippen LogP contribution in [0.4, 0.5) is 26.3 Å². The van der Waals surface area contributed by atoms with Crippen LogP contribution in [0.3, 0.4) is 0 Å². The maximum Gasteiger partial charge on any atom is 0.436 e. The highest BCUT2D eigenvalue weighted by molar-refractivity contribution is 5.97. The minimum Gasteiger partial charge on any atom is -0.265 e. The van der Waals surface area contributed by atoms with Crippen LogP contribution in [-0.2, 0) is 4.79 Å². The van der Waals surface area contributed by atoms with Gasteiger partial charge in [0.1, 0.15) is 0 Å². The fraction of sp³-hybridized carbons (Fsp3) is 0.400. The lowest BCUT2D eigenvalue weighted by atomic mass is 10.2. The minimum atomic E-state index is -5.40. The molecule has 9 heteroatoms. The number of carbonyl (C=O) groups excluding carboxylic acids is 1. The van der Waals surface area contributed by atoms with Crippen LogP contribution in [0, 0.1) is 0 Å². The first-order chi connectivity index (χ1) is 6.14. The average Bonchev–Trinajstić information content (AvgIpc) is 2.27. The Balaban J connectivity index is 3.29. The first kappa shape index (κ1) is 10.7. The monoisotopic (exact) mass is 218 g/mol. The van der Waals surface area contributed by atoms with Crippen LogP contribution in [0.1, 0.15) is 0 Å². The molecule has 1 rings (SSSR count). The summed E-state index contributed by atoms with van der Waals surface area (Å²) in [5.74, 6) is -2.02. The number of rotatable bonds is 0. The van der Waals surface area contributed by atoms with Crippen molar-refractivity contribution in [1.82, 2.24) is 0 Å². The molecule has 3 nitrogen and oxygen atoms in total. The number of nitrogens with zero attached hydrogens (tertiary/aromatic N) is 2. The molecular formula is C5F6N2O. The second-order valence-electron chi connectivity index (χ2n) is 2.22. The third kappa shape index (κ3) is 1.75. The first-order valence-corrected chi connectivity index (χ1v) is 2.99. The lowest BCUT2D eigenvalue weighted by molar-refractivity contribution is -0.132. The summed E-state index contributed by atoms with van der Waals surface area (Å²) in [6.45, 7) is 0. The van der Waals surface area contributed by atoms with Crippen LogP contribution in [-0.4, -0.2) is 18.3 Å². The van der Waals surface area contributed by atoms with E-state index in [1.807, 2.05) is 0 Å². The molecule has 14 heavy (non-hydrogen) atoms. The summed E-state index contributed by atoms with van der Waals surface area (Å²) in [4.78, 5) is 10.3. The van der Waals surface area contributed by atoms with Gasteiger partial charge in [-0.05, 0) is 0 Å². The van der Waals surface area contributed by atoms with Gasteiger partial charge in [0.15, 0.2) is 11.3 Å². The second-order valence-corrected chi connectivity index (χ2v) is 2.22. The summed E-state index contributed by atoms with van der Waals surface area (Å²) in [6.07, 6.45) is -10.7. The van der Waals surface area contributed by atoms with Gasteiger partial charge in [0.25, 0.3) is 0 Å². The summed E-state index contributed by atoms with van der Waals surface area (Å²) in [6, 6.07) is 0. The van der Waals surface area contributed by atoms with Gasteiger partial charge in [-0.3, -0.25) is 4.79 Å². The zero-order valence-electron chi connectivity index (χ0n) is 6.07. The Morgan fingerprint density at radius 3 is 1.64 bits per heavy atom. The Bertz CT molecular complexity index is 319. The van der Waals surface area contributed by atoms with Crippen molar-refractivity contribution in [2.45, 2.75) is 12.4 Å². The summed E-state index contributed by atoms with van der Waals surface area (Å²) in [7, 11) is 0. The zero-order chi connectivity index (χ0) is 11.1. The molecule has 1 heterocycles. The van der Waals surface area contributed by atoms with Gasteiger partial charge < -0.3 is 0 Å². The van der Waals surface area contributed by atoms with E-state index in [2.05, 4.69) is 10.2 Å². The quantitative estimate of drug-likeness (QED) is 0.575. The van der Waals surface area contributed by atoms with Gasteiger partial charge in [0.2, 0.25) is 0 Å². The van der Waals surface area contributed by atoms with Crippen LogP contribution in [0.5, 0.6) is 0 Å².